The molecule has 0 radical (unpaired) electrons. The van der Waals surface area contributed by atoms with Gasteiger partial charge in [-0.25, -0.2) is 0 Å². The summed E-state index contributed by atoms with van der Waals surface area (Å²) in [7, 11) is 1.81. The molecule has 110 valence electrons. The van der Waals surface area contributed by atoms with Crippen LogP contribution in [0.2, 0.25) is 0 Å². The molecule has 0 spiro atoms. The van der Waals surface area contributed by atoms with Crippen LogP contribution in [0.1, 0.15) is 12.5 Å². The first-order chi connectivity index (χ1) is 9.47. The molecule has 0 aromatic carbocycles. The maximum absolute atomic E-state index is 12.1. The van der Waals surface area contributed by atoms with Crippen molar-refractivity contribution in [3.8, 4) is 0 Å². The maximum Gasteiger partial charge on any atom is 0.251 e. The van der Waals surface area contributed by atoms with Crippen LogP contribution in [0, 0.1) is 0 Å². The van der Waals surface area contributed by atoms with Crippen LogP contribution in [-0.2, 0) is 23.1 Å². The molecule has 1 N–H and O–H groups in total. The number of carbonyl (C=O) groups is 2. The second-order valence-corrected chi connectivity index (χ2v) is 5.08. The van der Waals surface area contributed by atoms with Crippen LogP contribution in [0.4, 0.5) is 0 Å². The lowest BCUT2D eigenvalue weighted by Crippen LogP contribution is -2.52. The summed E-state index contributed by atoms with van der Waals surface area (Å²) in [5.74, 6) is -0.230. The summed E-state index contributed by atoms with van der Waals surface area (Å²) in [6.07, 6.45) is 2.86. The summed E-state index contributed by atoms with van der Waals surface area (Å²) in [4.78, 5) is 27.1. The molecule has 1 atom stereocenters. The minimum Gasteiger partial charge on any atom is -0.384 e. The zero-order chi connectivity index (χ0) is 14.7. The maximum atomic E-state index is 12.1. The molecule has 7 heteroatoms. The zero-order valence-electron chi connectivity index (χ0n) is 11.8. The molecule has 1 aromatic rings. The van der Waals surface area contributed by atoms with E-state index in [1.807, 2.05) is 13.2 Å². The van der Waals surface area contributed by atoms with Crippen molar-refractivity contribution in [2.45, 2.75) is 19.4 Å². The van der Waals surface area contributed by atoms with Crippen molar-refractivity contribution in [1.82, 2.24) is 19.6 Å². The Hall–Kier alpha value is -1.89. The summed E-state index contributed by atoms with van der Waals surface area (Å²) < 4.78 is 1.67. The zero-order valence-corrected chi connectivity index (χ0v) is 11.8. The quantitative estimate of drug-likeness (QED) is 0.771. The molecule has 1 aromatic heterocycles. The van der Waals surface area contributed by atoms with Crippen molar-refractivity contribution >= 4 is 11.8 Å². The number of carbonyl (C=O) groups excluding carboxylic acids is 2. The highest BCUT2D eigenvalue weighted by atomic mass is 16.3. The first kappa shape index (κ1) is 14.5. The topological polar surface area (TPSA) is 78.7 Å². The van der Waals surface area contributed by atoms with Crippen LogP contribution >= 0.6 is 0 Å². The van der Waals surface area contributed by atoms with E-state index < -0.39 is 6.10 Å². The largest absolute Gasteiger partial charge is 0.384 e. The van der Waals surface area contributed by atoms with Gasteiger partial charge in [-0.2, -0.15) is 5.10 Å². The molecular weight excluding hydrogens is 260 g/mol. The van der Waals surface area contributed by atoms with Crippen molar-refractivity contribution in [2.24, 2.45) is 7.05 Å². The number of amides is 2. The van der Waals surface area contributed by atoms with Gasteiger partial charge in [-0.15, -0.1) is 0 Å². The third kappa shape index (κ3) is 3.36. The van der Waals surface area contributed by atoms with E-state index in [4.69, 9.17) is 0 Å². The van der Waals surface area contributed by atoms with Gasteiger partial charge < -0.3 is 14.9 Å². The van der Waals surface area contributed by atoms with E-state index in [-0.39, 0.29) is 11.8 Å². The second-order valence-electron chi connectivity index (χ2n) is 5.08. The second kappa shape index (κ2) is 6.04. The average Bonchev–Trinajstić information content (AvgIpc) is 2.83. The van der Waals surface area contributed by atoms with Gasteiger partial charge in [0, 0.05) is 39.4 Å². The lowest BCUT2D eigenvalue weighted by Gasteiger charge is -2.35. The molecule has 0 aliphatic carbocycles. The Labute approximate surface area is 117 Å². The fourth-order valence-corrected chi connectivity index (χ4v) is 2.29. The highest BCUT2D eigenvalue weighted by Gasteiger charge is 2.26. The van der Waals surface area contributed by atoms with E-state index in [1.165, 1.54) is 6.92 Å². The molecule has 2 amide bonds. The van der Waals surface area contributed by atoms with Crippen molar-refractivity contribution in [1.29, 1.82) is 0 Å². The smallest absolute Gasteiger partial charge is 0.251 e. The minimum absolute atomic E-state index is 0.0437. The number of nitrogens with zero attached hydrogens (tertiary/aromatic N) is 4. The predicted octanol–water partition coefficient (Wildman–Crippen LogP) is -0.986. The molecule has 1 fully saturated rings. The first-order valence-electron chi connectivity index (χ1n) is 6.69. The van der Waals surface area contributed by atoms with Crippen molar-refractivity contribution < 1.29 is 14.7 Å². The highest BCUT2D eigenvalue weighted by molar-refractivity contribution is 5.81. The van der Waals surface area contributed by atoms with Gasteiger partial charge in [0.05, 0.1) is 12.6 Å². The monoisotopic (exact) mass is 280 g/mol. The third-order valence-corrected chi connectivity index (χ3v) is 3.42. The molecule has 2 heterocycles. The van der Waals surface area contributed by atoms with Gasteiger partial charge in [0.25, 0.3) is 5.91 Å². The van der Waals surface area contributed by atoms with E-state index in [0.29, 0.717) is 32.6 Å². The molecule has 20 heavy (non-hydrogen) atoms. The number of piperazine rings is 1. The normalized spacial score (nSPS) is 17.1. The molecule has 1 aliphatic heterocycles. The summed E-state index contributed by atoms with van der Waals surface area (Å²) in [6, 6.07) is 0. The van der Waals surface area contributed by atoms with Crippen molar-refractivity contribution in [3.05, 3.63) is 18.0 Å². The molecule has 1 unspecified atom stereocenters. The summed E-state index contributed by atoms with van der Waals surface area (Å²) in [6.45, 7) is 3.43. The number of hydrogen-bond acceptors (Lipinski definition) is 4. The fraction of sp³-hybridized carbons (Fsp3) is 0.615. The van der Waals surface area contributed by atoms with Gasteiger partial charge in [-0.3, -0.25) is 14.3 Å². The first-order valence-corrected chi connectivity index (χ1v) is 6.69. The molecule has 2 rings (SSSR count). The van der Waals surface area contributed by atoms with E-state index in [1.54, 1.807) is 20.7 Å². The molecule has 0 saturated carbocycles. The van der Waals surface area contributed by atoms with E-state index in [9.17, 15) is 14.7 Å². The summed E-state index contributed by atoms with van der Waals surface area (Å²) >= 11 is 0. The van der Waals surface area contributed by atoms with Gasteiger partial charge in [0.2, 0.25) is 5.91 Å². The molecular formula is C13H20N4O3. The number of aliphatic hydroxyl groups excluding tert-OH is 1. The Balaban J connectivity index is 1.84. The minimum atomic E-state index is -0.979. The van der Waals surface area contributed by atoms with Crippen molar-refractivity contribution in [3.63, 3.8) is 0 Å². The fourth-order valence-electron chi connectivity index (χ4n) is 2.29. The lowest BCUT2D eigenvalue weighted by atomic mass is 10.2. The predicted molar refractivity (Wildman–Crippen MR) is 71.8 cm³/mol. The number of aliphatic hydroxyl groups is 1. The Bertz CT molecular complexity index is 490. The molecule has 0 bridgehead atoms. The molecule has 1 aliphatic rings. The van der Waals surface area contributed by atoms with Crippen LogP contribution in [0.3, 0.4) is 0 Å². The molecule has 1 saturated heterocycles. The Morgan fingerprint density at radius 2 is 1.90 bits per heavy atom. The third-order valence-electron chi connectivity index (χ3n) is 3.42. The molecule has 7 nitrogen and oxygen atoms in total. The van der Waals surface area contributed by atoms with Crippen LogP contribution < -0.4 is 0 Å². The van der Waals surface area contributed by atoms with E-state index in [0.717, 1.165) is 5.56 Å². The van der Waals surface area contributed by atoms with Gasteiger partial charge in [-0.05, 0) is 12.5 Å². The standard InChI is InChI=1S/C13H20N4O3/c1-10(18)13(20)17-5-3-16(4-6-17)12(19)7-11-8-14-15(2)9-11/h8-10,18H,3-7H2,1-2H3. The van der Waals surface area contributed by atoms with Crippen LogP contribution in [-0.4, -0.2) is 68.8 Å². The van der Waals surface area contributed by atoms with Crippen LogP contribution in [0.25, 0.3) is 0 Å². The number of aromatic nitrogens is 2. The SMILES string of the molecule is CC(O)C(=O)N1CCN(C(=O)Cc2cnn(C)c2)CC1. The van der Waals surface area contributed by atoms with Crippen molar-refractivity contribution in [2.75, 3.05) is 26.2 Å². The van der Waals surface area contributed by atoms with Gasteiger partial charge in [-0.1, -0.05) is 0 Å². The number of hydrogen-bond donors (Lipinski definition) is 1. The lowest BCUT2D eigenvalue weighted by molar-refractivity contribution is -0.144. The van der Waals surface area contributed by atoms with E-state index >= 15 is 0 Å². The Kier molecular flexibility index (Phi) is 4.39. The van der Waals surface area contributed by atoms with Gasteiger partial charge in [0.15, 0.2) is 0 Å². The Morgan fingerprint density at radius 3 is 2.40 bits per heavy atom. The highest BCUT2D eigenvalue weighted by Crippen LogP contribution is 2.07. The summed E-state index contributed by atoms with van der Waals surface area (Å²) in [5, 5.41) is 13.3. The van der Waals surface area contributed by atoms with Gasteiger partial charge >= 0.3 is 0 Å². The van der Waals surface area contributed by atoms with Crippen LogP contribution in [0.5, 0.6) is 0 Å². The number of rotatable bonds is 3. The average molecular weight is 280 g/mol. The van der Waals surface area contributed by atoms with Gasteiger partial charge in [0.1, 0.15) is 6.10 Å². The van der Waals surface area contributed by atoms with Crippen LogP contribution in [0.15, 0.2) is 12.4 Å². The Morgan fingerprint density at radius 1 is 1.30 bits per heavy atom. The summed E-state index contributed by atoms with van der Waals surface area (Å²) in [5.41, 5.74) is 0.889. The number of aryl methyl sites for hydroxylation is 1. The van der Waals surface area contributed by atoms with E-state index in [2.05, 4.69) is 5.10 Å².